The number of carboxylic acids is 1. The molecule has 5 N–H and O–H groups in total. The van der Waals surface area contributed by atoms with Gasteiger partial charge in [0.2, 0.25) is 5.91 Å². The van der Waals surface area contributed by atoms with Crippen LogP contribution in [0.5, 0.6) is 0 Å². The van der Waals surface area contributed by atoms with Crippen molar-refractivity contribution in [2.24, 2.45) is 11.7 Å². The van der Waals surface area contributed by atoms with Crippen LogP contribution in [0.25, 0.3) is 0 Å². The summed E-state index contributed by atoms with van der Waals surface area (Å²) in [5.74, 6) is -0.904. The third kappa shape index (κ3) is 3.05. The Morgan fingerprint density at radius 3 is 2.77 bits per heavy atom. The molecule has 2 rings (SSSR count). The van der Waals surface area contributed by atoms with E-state index in [4.69, 9.17) is 5.73 Å². The minimum absolute atomic E-state index is 0.0438. The van der Waals surface area contributed by atoms with E-state index in [1.807, 2.05) is 0 Å². The third-order valence-corrected chi connectivity index (χ3v) is 4.89. The smallest absolute Gasteiger partial charge is 0.352 e. The number of urea groups is 1. The molecule has 3 amide bonds. The zero-order valence-corrected chi connectivity index (χ0v) is 12.9. The van der Waals surface area contributed by atoms with Crippen molar-refractivity contribution in [2.45, 2.75) is 25.5 Å². The molecular formula is C13H19N3O5S. The summed E-state index contributed by atoms with van der Waals surface area (Å²) >= 11 is 1.46. The van der Waals surface area contributed by atoms with Gasteiger partial charge in [-0.25, -0.2) is 9.59 Å². The minimum Gasteiger partial charge on any atom is -0.477 e. The molecule has 122 valence electrons. The number of aliphatic hydroxyl groups is 1. The summed E-state index contributed by atoms with van der Waals surface area (Å²) < 4.78 is 0. The number of aliphatic hydroxyl groups excluding tert-OH is 1. The molecular weight excluding hydrogens is 310 g/mol. The number of fused-ring (bicyclic) bond motifs is 1. The van der Waals surface area contributed by atoms with Gasteiger partial charge >= 0.3 is 12.0 Å². The van der Waals surface area contributed by atoms with Crippen molar-refractivity contribution >= 4 is 29.7 Å². The number of carbonyl (C=O) groups is 3. The number of nitrogens with two attached hydrogens (primary N) is 1. The predicted molar refractivity (Wildman–Crippen MR) is 80.0 cm³/mol. The number of rotatable bonds is 7. The zero-order chi connectivity index (χ0) is 16.4. The van der Waals surface area contributed by atoms with E-state index in [9.17, 15) is 24.6 Å². The van der Waals surface area contributed by atoms with Gasteiger partial charge in [0.15, 0.2) is 0 Å². The van der Waals surface area contributed by atoms with Crippen LogP contribution in [0.2, 0.25) is 0 Å². The summed E-state index contributed by atoms with van der Waals surface area (Å²) in [5, 5.41) is 21.4. The Balaban J connectivity index is 1.97. The van der Waals surface area contributed by atoms with E-state index in [0.29, 0.717) is 30.0 Å². The molecule has 22 heavy (non-hydrogen) atoms. The standard InChI is InChI=1S/C13H19N3O5S/c1-6(17)9-8-4-7(5-22-3-2-15-13(14)21)10(12(19)20)16(8)11(9)18/h6,8-9,17H,2-5H2,1H3,(H,19,20)(H3,14,15,21). The maximum absolute atomic E-state index is 12.0. The lowest BCUT2D eigenvalue weighted by molar-refractivity contribution is -0.161. The third-order valence-electron chi connectivity index (χ3n) is 3.84. The zero-order valence-electron chi connectivity index (χ0n) is 12.1. The van der Waals surface area contributed by atoms with E-state index in [2.05, 4.69) is 5.32 Å². The summed E-state index contributed by atoms with van der Waals surface area (Å²) in [6.07, 6.45) is -0.310. The Bertz CT molecular complexity index is 534. The second-order valence-corrected chi connectivity index (χ2v) is 6.45. The molecule has 0 aliphatic carbocycles. The molecule has 9 heteroatoms. The summed E-state index contributed by atoms with van der Waals surface area (Å²) in [4.78, 5) is 35.2. The quantitative estimate of drug-likeness (QED) is 0.362. The number of aliphatic carboxylic acids is 1. The van der Waals surface area contributed by atoms with E-state index in [-0.39, 0.29) is 17.6 Å². The first-order chi connectivity index (χ1) is 10.3. The lowest BCUT2D eigenvalue weighted by atomic mass is 9.83. The first-order valence-corrected chi connectivity index (χ1v) is 8.07. The molecule has 0 saturated carbocycles. The molecule has 1 saturated heterocycles. The molecule has 3 atom stereocenters. The first kappa shape index (κ1) is 16.6. The van der Waals surface area contributed by atoms with Gasteiger partial charge in [-0.2, -0.15) is 11.8 Å². The molecule has 8 nitrogen and oxygen atoms in total. The highest BCUT2D eigenvalue weighted by atomic mass is 32.2. The SMILES string of the molecule is CC(O)C1C(=O)N2C(C(=O)O)=C(CSCCNC(N)=O)CC12. The van der Waals surface area contributed by atoms with Gasteiger partial charge < -0.3 is 26.2 Å². The van der Waals surface area contributed by atoms with E-state index >= 15 is 0 Å². The maximum atomic E-state index is 12.0. The minimum atomic E-state index is -1.12. The Morgan fingerprint density at radius 2 is 2.23 bits per heavy atom. The molecule has 2 aliphatic rings. The predicted octanol–water partition coefficient (Wildman–Crippen LogP) is -0.662. The van der Waals surface area contributed by atoms with Gasteiger partial charge in [-0.1, -0.05) is 0 Å². The number of primary amides is 1. The number of hydrogen-bond donors (Lipinski definition) is 4. The number of β-lactam (4-membered cyclic amide) rings is 1. The van der Waals surface area contributed by atoms with Crippen molar-refractivity contribution in [2.75, 3.05) is 18.1 Å². The van der Waals surface area contributed by atoms with Gasteiger partial charge in [0.25, 0.3) is 0 Å². The molecule has 0 aromatic rings. The van der Waals surface area contributed by atoms with Crippen molar-refractivity contribution in [1.82, 2.24) is 10.2 Å². The highest BCUT2D eigenvalue weighted by molar-refractivity contribution is 7.99. The fourth-order valence-corrected chi connectivity index (χ4v) is 3.82. The first-order valence-electron chi connectivity index (χ1n) is 6.92. The van der Waals surface area contributed by atoms with E-state index < -0.39 is 24.0 Å². The van der Waals surface area contributed by atoms with Crippen molar-refractivity contribution < 1.29 is 24.6 Å². The lowest BCUT2D eigenvalue weighted by Crippen LogP contribution is -2.61. The van der Waals surface area contributed by atoms with Gasteiger partial charge in [-0.15, -0.1) is 0 Å². The van der Waals surface area contributed by atoms with Crippen molar-refractivity contribution in [3.63, 3.8) is 0 Å². The fraction of sp³-hybridized carbons (Fsp3) is 0.615. The van der Waals surface area contributed by atoms with Gasteiger partial charge in [0, 0.05) is 18.1 Å². The summed E-state index contributed by atoms with van der Waals surface area (Å²) in [6.45, 7) is 1.95. The van der Waals surface area contributed by atoms with E-state index in [1.165, 1.54) is 16.7 Å². The van der Waals surface area contributed by atoms with Crippen LogP contribution in [0.3, 0.4) is 0 Å². The van der Waals surface area contributed by atoms with Crippen LogP contribution < -0.4 is 11.1 Å². The van der Waals surface area contributed by atoms with Crippen LogP contribution in [-0.4, -0.2) is 63.2 Å². The molecule has 0 aromatic carbocycles. The maximum Gasteiger partial charge on any atom is 0.352 e. The molecule has 0 bridgehead atoms. The van der Waals surface area contributed by atoms with Crippen LogP contribution in [-0.2, 0) is 9.59 Å². The molecule has 0 radical (unpaired) electrons. The van der Waals surface area contributed by atoms with Crippen molar-refractivity contribution in [3.8, 4) is 0 Å². The molecule has 2 heterocycles. The highest BCUT2D eigenvalue weighted by Crippen LogP contribution is 2.44. The second-order valence-electron chi connectivity index (χ2n) is 5.35. The average molecular weight is 329 g/mol. The summed E-state index contributed by atoms with van der Waals surface area (Å²) in [7, 11) is 0. The topological polar surface area (TPSA) is 133 Å². The Hall–Kier alpha value is -1.74. The lowest BCUT2D eigenvalue weighted by Gasteiger charge is -2.44. The molecule has 0 aromatic heterocycles. The van der Waals surface area contributed by atoms with Crippen LogP contribution in [0.4, 0.5) is 4.79 Å². The highest BCUT2D eigenvalue weighted by Gasteiger charge is 2.56. The molecule has 0 spiro atoms. The monoisotopic (exact) mass is 329 g/mol. The van der Waals surface area contributed by atoms with Crippen molar-refractivity contribution in [1.29, 1.82) is 0 Å². The van der Waals surface area contributed by atoms with Crippen LogP contribution in [0.15, 0.2) is 11.3 Å². The van der Waals surface area contributed by atoms with Gasteiger partial charge in [-0.05, 0) is 18.9 Å². The van der Waals surface area contributed by atoms with Gasteiger partial charge in [0.05, 0.1) is 18.1 Å². The largest absolute Gasteiger partial charge is 0.477 e. The molecule has 2 aliphatic heterocycles. The Morgan fingerprint density at radius 1 is 1.55 bits per heavy atom. The number of carboxylic acid groups (broad SMARTS) is 1. The average Bonchev–Trinajstić information content (AvgIpc) is 2.72. The Kier molecular flexibility index (Phi) is 4.97. The van der Waals surface area contributed by atoms with E-state index in [0.717, 1.165) is 0 Å². The van der Waals surface area contributed by atoms with Gasteiger partial charge in [0.1, 0.15) is 5.70 Å². The Labute approximate surface area is 131 Å². The summed E-state index contributed by atoms with van der Waals surface area (Å²) in [6, 6.07) is -0.848. The summed E-state index contributed by atoms with van der Waals surface area (Å²) in [5.41, 5.74) is 5.68. The van der Waals surface area contributed by atoms with Gasteiger partial charge in [-0.3, -0.25) is 4.79 Å². The van der Waals surface area contributed by atoms with Crippen molar-refractivity contribution in [3.05, 3.63) is 11.3 Å². The number of carbonyl (C=O) groups excluding carboxylic acids is 2. The number of nitrogens with one attached hydrogen (secondary N) is 1. The second kappa shape index (κ2) is 6.57. The number of amides is 3. The number of hydrogen-bond acceptors (Lipinski definition) is 5. The number of thioether (sulfide) groups is 1. The van der Waals surface area contributed by atoms with Crippen LogP contribution >= 0.6 is 11.8 Å². The van der Waals surface area contributed by atoms with Crippen LogP contribution in [0.1, 0.15) is 13.3 Å². The molecule has 1 fully saturated rings. The van der Waals surface area contributed by atoms with Crippen LogP contribution in [0, 0.1) is 5.92 Å². The van der Waals surface area contributed by atoms with E-state index in [1.54, 1.807) is 6.92 Å². The molecule has 3 unspecified atom stereocenters. The normalized spacial score (nSPS) is 24.8. The number of nitrogens with zero attached hydrogens (tertiary/aromatic N) is 1. The fourth-order valence-electron chi connectivity index (χ4n) is 2.93.